The van der Waals surface area contributed by atoms with Gasteiger partial charge in [-0.15, -0.1) is 4.58 Å². The van der Waals surface area contributed by atoms with Crippen molar-refractivity contribution in [3.05, 3.63) is 65.7 Å². The standard InChI is InChI=1S/C16H16ClNO3/c1-20-15-9-7-13(8-10-15)11-12-21-18(17)16(19)14-5-3-2-4-6-14/h2-10H,11-12H2,1H3. The predicted octanol–water partition coefficient (Wildman–Crippen LogP) is 3.47. The Morgan fingerprint density at radius 2 is 1.76 bits per heavy atom. The molecule has 2 aromatic carbocycles. The minimum atomic E-state index is -0.382. The van der Waals surface area contributed by atoms with Crippen molar-refractivity contribution in [2.75, 3.05) is 13.7 Å². The number of amides is 1. The average Bonchev–Trinajstić information content (AvgIpc) is 2.55. The Kier molecular flexibility index (Phi) is 5.60. The summed E-state index contributed by atoms with van der Waals surface area (Å²) in [6, 6.07) is 16.4. The number of carbonyl (C=O) groups is 1. The van der Waals surface area contributed by atoms with Crippen molar-refractivity contribution in [3.63, 3.8) is 0 Å². The number of carbonyl (C=O) groups excluding carboxylic acids is 1. The summed E-state index contributed by atoms with van der Waals surface area (Å²) in [5.74, 6) is 0.421. The van der Waals surface area contributed by atoms with Crippen LogP contribution in [0.5, 0.6) is 5.75 Å². The number of hydroxylamine groups is 1. The first kappa shape index (κ1) is 15.4. The van der Waals surface area contributed by atoms with Crippen LogP contribution in [-0.4, -0.2) is 24.2 Å². The quantitative estimate of drug-likeness (QED) is 0.606. The zero-order valence-corrected chi connectivity index (χ0v) is 12.4. The van der Waals surface area contributed by atoms with E-state index in [-0.39, 0.29) is 5.91 Å². The van der Waals surface area contributed by atoms with Crippen LogP contribution in [-0.2, 0) is 11.3 Å². The number of halogens is 1. The third-order valence-corrected chi connectivity index (χ3v) is 3.19. The van der Waals surface area contributed by atoms with E-state index in [1.807, 2.05) is 30.3 Å². The van der Waals surface area contributed by atoms with Gasteiger partial charge in [0, 0.05) is 17.3 Å². The third-order valence-electron chi connectivity index (χ3n) is 2.93. The lowest BCUT2D eigenvalue weighted by Crippen LogP contribution is -2.23. The number of methoxy groups -OCH3 is 1. The lowest BCUT2D eigenvalue weighted by Gasteiger charge is -2.13. The van der Waals surface area contributed by atoms with E-state index in [1.165, 1.54) is 0 Å². The van der Waals surface area contributed by atoms with Crippen molar-refractivity contribution in [3.8, 4) is 5.75 Å². The maximum atomic E-state index is 11.9. The van der Waals surface area contributed by atoms with Crippen LogP contribution in [0.25, 0.3) is 0 Å². The number of rotatable bonds is 6. The Morgan fingerprint density at radius 1 is 1.10 bits per heavy atom. The van der Waals surface area contributed by atoms with E-state index in [2.05, 4.69) is 0 Å². The Balaban J connectivity index is 1.81. The van der Waals surface area contributed by atoms with E-state index in [0.29, 0.717) is 18.6 Å². The third kappa shape index (κ3) is 4.48. The summed E-state index contributed by atoms with van der Waals surface area (Å²) in [6.07, 6.45) is 0.648. The molecular formula is C16H16ClNO3. The Labute approximate surface area is 128 Å². The first-order valence-corrected chi connectivity index (χ1v) is 6.85. The van der Waals surface area contributed by atoms with E-state index in [1.54, 1.807) is 31.4 Å². The number of nitrogens with zero attached hydrogens (tertiary/aromatic N) is 1. The highest BCUT2D eigenvalue weighted by molar-refractivity contribution is 6.23. The molecule has 2 aromatic rings. The summed E-state index contributed by atoms with van der Waals surface area (Å²) >= 11 is 5.82. The van der Waals surface area contributed by atoms with Crippen molar-refractivity contribution in [1.29, 1.82) is 0 Å². The molecule has 21 heavy (non-hydrogen) atoms. The SMILES string of the molecule is COc1ccc(CCON(Cl)C(=O)c2ccccc2)cc1. The predicted molar refractivity (Wildman–Crippen MR) is 81.1 cm³/mol. The molecule has 0 fully saturated rings. The monoisotopic (exact) mass is 305 g/mol. The summed E-state index contributed by atoms with van der Waals surface area (Å²) in [4.78, 5) is 17.2. The molecule has 0 heterocycles. The normalized spacial score (nSPS) is 10.2. The second-order valence-electron chi connectivity index (χ2n) is 4.35. The van der Waals surface area contributed by atoms with E-state index >= 15 is 0 Å². The molecule has 0 saturated heterocycles. The molecule has 0 N–H and O–H groups in total. The van der Waals surface area contributed by atoms with Crippen LogP contribution in [0.15, 0.2) is 54.6 Å². The second-order valence-corrected chi connectivity index (χ2v) is 4.65. The minimum absolute atomic E-state index is 0.314. The van der Waals surface area contributed by atoms with E-state index in [0.717, 1.165) is 15.9 Å². The molecule has 0 aromatic heterocycles. The van der Waals surface area contributed by atoms with Crippen LogP contribution >= 0.6 is 11.8 Å². The van der Waals surface area contributed by atoms with Crippen LogP contribution < -0.4 is 4.74 Å². The summed E-state index contributed by atoms with van der Waals surface area (Å²) in [7, 11) is 1.62. The van der Waals surface area contributed by atoms with Gasteiger partial charge in [0.05, 0.1) is 13.7 Å². The summed E-state index contributed by atoms with van der Waals surface area (Å²) in [5.41, 5.74) is 1.56. The number of ether oxygens (including phenoxy) is 1. The van der Waals surface area contributed by atoms with Gasteiger partial charge in [-0.25, -0.2) is 0 Å². The van der Waals surface area contributed by atoms with Gasteiger partial charge < -0.3 is 4.74 Å². The summed E-state index contributed by atoms with van der Waals surface area (Å²) in [6.45, 7) is 0.314. The Morgan fingerprint density at radius 3 is 2.38 bits per heavy atom. The molecule has 0 radical (unpaired) electrons. The molecule has 0 aliphatic heterocycles. The number of benzene rings is 2. The molecule has 0 unspecified atom stereocenters. The van der Waals surface area contributed by atoms with Crippen LogP contribution in [0.3, 0.4) is 0 Å². The maximum absolute atomic E-state index is 11.9. The molecule has 0 aliphatic rings. The van der Waals surface area contributed by atoms with Crippen molar-refractivity contribution in [2.24, 2.45) is 0 Å². The Hall–Kier alpha value is -2.04. The lowest BCUT2D eigenvalue weighted by molar-refractivity contribution is -0.0574. The van der Waals surface area contributed by atoms with Gasteiger partial charge >= 0.3 is 0 Å². The van der Waals surface area contributed by atoms with Gasteiger partial charge in [-0.2, -0.15) is 0 Å². The fraction of sp³-hybridized carbons (Fsp3) is 0.188. The summed E-state index contributed by atoms with van der Waals surface area (Å²) < 4.78 is 5.84. The average molecular weight is 306 g/mol. The van der Waals surface area contributed by atoms with Gasteiger partial charge in [-0.05, 0) is 36.2 Å². The molecule has 1 amide bonds. The molecule has 2 rings (SSSR count). The number of hydrogen-bond acceptors (Lipinski definition) is 3. The topological polar surface area (TPSA) is 38.8 Å². The molecule has 4 nitrogen and oxygen atoms in total. The van der Waals surface area contributed by atoms with Gasteiger partial charge in [-0.3, -0.25) is 9.63 Å². The molecule has 0 aliphatic carbocycles. The summed E-state index contributed by atoms with van der Waals surface area (Å²) in [5, 5.41) is 0. The molecule has 0 spiro atoms. The van der Waals surface area contributed by atoms with Gasteiger partial charge in [-0.1, -0.05) is 30.3 Å². The molecule has 5 heteroatoms. The van der Waals surface area contributed by atoms with Gasteiger partial charge in [0.25, 0.3) is 5.91 Å². The first-order valence-electron chi connectivity index (χ1n) is 6.52. The van der Waals surface area contributed by atoms with E-state index in [9.17, 15) is 4.79 Å². The van der Waals surface area contributed by atoms with Crippen LogP contribution in [0.4, 0.5) is 0 Å². The van der Waals surface area contributed by atoms with Crippen LogP contribution in [0.2, 0.25) is 0 Å². The van der Waals surface area contributed by atoms with Crippen LogP contribution in [0.1, 0.15) is 15.9 Å². The largest absolute Gasteiger partial charge is 0.497 e. The van der Waals surface area contributed by atoms with Gasteiger partial charge in [0.2, 0.25) is 0 Å². The van der Waals surface area contributed by atoms with Gasteiger partial charge in [0.1, 0.15) is 5.75 Å². The van der Waals surface area contributed by atoms with Crippen molar-refractivity contribution < 1.29 is 14.4 Å². The molecule has 0 saturated carbocycles. The highest BCUT2D eigenvalue weighted by Gasteiger charge is 2.14. The lowest BCUT2D eigenvalue weighted by atomic mass is 10.1. The Bertz CT molecular complexity index is 572. The molecule has 110 valence electrons. The van der Waals surface area contributed by atoms with Crippen LogP contribution in [0, 0.1) is 0 Å². The van der Waals surface area contributed by atoms with E-state index < -0.39 is 0 Å². The van der Waals surface area contributed by atoms with Crippen molar-refractivity contribution >= 4 is 17.7 Å². The fourth-order valence-electron chi connectivity index (χ4n) is 1.78. The highest BCUT2D eigenvalue weighted by Crippen LogP contribution is 2.13. The zero-order chi connectivity index (χ0) is 15.1. The fourth-order valence-corrected chi connectivity index (χ4v) is 1.94. The first-order chi connectivity index (χ1) is 10.2. The van der Waals surface area contributed by atoms with Crippen molar-refractivity contribution in [1.82, 2.24) is 4.58 Å². The maximum Gasteiger partial charge on any atom is 0.292 e. The zero-order valence-electron chi connectivity index (χ0n) is 11.7. The highest BCUT2D eigenvalue weighted by atomic mass is 35.5. The number of hydrogen-bond donors (Lipinski definition) is 0. The second kappa shape index (κ2) is 7.67. The molecule has 0 bridgehead atoms. The minimum Gasteiger partial charge on any atom is -0.497 e. The molecule has 0 atom stereocenters. The van der Waals surface area contributed by atoms with E-state index in [4.69, 9.17) is 21.4 Å². The molecular weight excluding hydrogens is 290 g/mol. The van der Waals surface area contributed by atoms with Crippen molar-refractivity contribution in [2.45, 2.75) is 6.42 Å². The van der Waals surface area contributed by atoms with Gasteiger partial charge in [0.15, 0.2) is 0 Å². The smallest absolute Gasteiger partial charge is 0.292 e.